The predicted octanol–water partition coefficient (Wildman–Crippen LogP) is 4.55. The van der Waals surface area contributed by atoms with E-state index in [1.807, 2.05) is 53.4 Å². The Balaban J connectivity index is 1.53. The van der Waals surface area contributed by atoms with Crippen LogP contribution in [0.15, 0.2) is 48.5 Å². The molecule has 0 aliphatic carbocycles. The van der Waals surface area contributed by atoms with Gasteiger partial charge in [0, 0.05) is 49.2 Å². The summed E-state index contributed by atoms with van der Waals surface area (Å²) >= 11 is 12.4. The summed E-state index contributed by atoms with van der Waals surface area (Å²) in [5, 5.41) is 12.5. The molecule has 3 amide bonds. The molecule has 0 radical (unpaired) electrons. The molecule has 1 atom stereocenters. The van der Waals surface area contributed by atoms with Crippen LogP contribution in [0.25, 0.3) is 0 Å². The van der Waals surface area contributed by atoms with Crippen LogP contribution in [-0.4, -0.2) is 76.1 Å². The third-order valence-electron chi connectivity index (χ3n) is 7.67. The smallest absolute Gasteiger partial charge is 0.314 e. The average molecular weight is 548 g/mol. The fourth-order valence-corrected chi connectivity index (χ4v) is 5.82. The number of likely N-dealkylation sites (tertiary alicyclic amines) is 1. The predicted molar refractivity (Wildman–Crippen MR) is 147 cm³/mol. The van der Waals surface area contributed by atoms with E-state index in [1.54, 1.807) is 18.7 Å². The molecule has 0 saturated carbocycles. The number of piperazine rings is 1. The number of amides is 3. The van der Waals surface area contributed by atoms with Crippen molar-refractivity contribution >= 4 is 35.1 Å². The highest BCUT2D eigenvalue weighted by atomic mass is 35.5. The first-order valence-corrected chi connectivity index (χ1v) is 13.6. The Hall–Kier alpha value is -2.32. The van der Waals surface area contributed by atoms with E-state index >= 15 is 0 Å². The summed E-state index contributed by atoms with van der Waals surface area (Å²) in [5.74, 6) is 0.262. The number of carbonyl (C=O) groups excluding carboxylic acids is 2. The first-order chi connectivity index (χ1) is 17.5. The van der Waals surface area contributed by atoms with E-state index in [2.05, 4.69) is 4.90 Å². The molecule has 2 aromatic carbocycles. The zero-order chi connectivity index (χ0) is 26.7. The van der Waals surface area contributed by atoms with Crippen LogP contribution in [0.2, 0.25) is 10.0 Å². The summed E-state index contributed by atoms with van der Waals surface area (Å²) in [6.07, 6.45) is 1.94. The van der Waals surface area contributed by atoms with Crippen molar-refractivity contribution in [2.45, 2.75) is 50.8 Å². The lowest BCUT2D eigenvalue weighted by Gasteiger charge is -2.49. The summed E-state index contributed by atoms with van der Waals surface area (Å²) in [5.41, 5.74) is 6.48. The van der Waals surface area contributed by atoms with Gasteiger partial charge in [0.05, 0.1) is 17.7 Å². The lowest BCUT2D eigenvalue weighted by molar-refractivity contribution is -0.146. The molecule has 2 aliphatic heterocycles. The van der Waals surface area contributed by atoms with Crippen molar-refractivity contribution in [1.82, 2.24) is 14.7 Å². The second-order valence-corrected chi connectivity index (χ2v) is 11.6. The number of halogens is 2. The van der Waals surface area contributed by atoms with Crippen LogP contribution in [0.4, 0.5) is 4.79 Å². The number of primary amides is 1. The molecule has 2 heterocycles. The molecule has 4 rings (SSSR count). The van der Waals surface area contributed by atoms with Crippen molar-refractivity contribution in [3.63, 3.8) is 0 Å². The lowest BCUT2D eigenvalue weighted by atomic mass is 9.89. The highest BCUT2D eigenvalue weighted by molar-refractivity contribution is 6.30. The number of rotatable bonds is 6. The van der Waals surface area contributed by atoms with Gasteiger partial charge in [0.15, 0.2) is 0 Å². The Labute approximate surface area is 229 Å². The van der Waals surface area contributed by atoms with Crippen molar-refractivity contribution in [3.05, 3.63) is 69.7 Å². The molecule has 200 valence electrons. The molecular formula is C28H36Cl2N4O3. The highest BCUT2D eigenvalue weighted by Gasteiger charge is 2.42. The molecule has 2 aliphatic rings. The molecule has 0 aromatic heterocycles. The van der Waals surface area contributed by atoms with Crippen LogP contribution in [0.1, 0.15) is 50.3 Å². The minimum atomic E-state index is -1.09. The van der Waals surface area contributed by atoms with E-state index in [0.717, 1.165) is 24.0 Å². The molecule has 7 nitrogen and oxygen atoms in total. The molecular weight excluding hydrogens is 511 g/mol. The van der Waals surface area contributed by atoms with Crippen LogP contribution < -0.4 is 5.73 Å². The van der Waals surface area contributed by atoms with Gasteiger partial charge in [-0.2, -0.15) is 0 Å². The van der Waals surface area contributed by atoms with E-state index in [9.17, 15) is 14.7 Å². The van der Waals surface area contributed by atoms with Crippen molar-refractivity contribution in [1.29, 1.82) is 0 Å². The van der Waals surface area contributed by atoms with Gasteiger partial charge in [-0.25, -0.2) is 4.79 Å². The van der Waals surface area contributed by atoms with E-state index in [1.165, 1.54) is 0 Å². The summed E-state index contributed by atoms with van der Waals surface area (Å²) in [6, 6.07) is 14.8. The normalized spacial score (nSPS) is 19.9. The van der Waals surface area contributed by atoms with Crippen LogP contribution in [-0.2, 0) is 4.79 Å². The summed E-state index contributed by atoms with van der Waals surface area (Å²) in [4.78, 5) is 30.7. The van der Waals surface area contributed by atoms with Crippen molar-refractivity contribution < 1.29 is 14.7 Å². The number of carbonyl (C=O) groups is 2. The Kier molecular flexibility index (Phi) is 8.69. The molecule has 2 saturated heterocycles. The number of aliphatic hydroxyl groups is 1. The summed E-state index contributed by atoms with van der Waals surface area (Å²) < 4.78 is 0. The summed E-state index contributed by atoms with van der Waals surface area (Å²) in [6.45, 7) is 6.41. The number of nitrogens with two attached hydrogens (primary N) is 1. The molecule has 3 N–H and O–H groups in total. The molecule has 2 aromatic rings. The third-order valence-corrected chi connectivity index (χ3v) is 8.18. The molecule has 37 heavy (non-hydrogen) atoms. The molecule has 0 bridgehead atoms. The van der Waals surface area contributed by atoms with Gasteiger partial charge in [-0.15, -0.1) is 0 Å². The zero-order valence-corrected chi connectivity index (χ0v) is 23.0. The second-order valence-electron chi connectivity index (χ2n) is 10.7. The fourth-order valence-electron chi connectivity index (χ4n) is 5.57. The van der Waals surface area contributed by atoms with Crippen LogP contribution >= 0.6 is 23.2 Å². The summed E-state index contributed by atoms with van der Waals surface area (Å²) in [7, 11) is 0. The molecule has 2 fully saturated rings. The number of nitrogens with zero attached hydrogens (tertiary/aromatic N) is 3. The second kappa shape index (κ2) is 11.6. The molecule has 0 spiro atoms. The number of benzene rings is 2. The Morgan fingerprint density at radius 1 is 0.946 bits per heavy atom. The Bertz CT molecular complexity index is 1030. The van der Waals surface area contributed by atoms with E-state index in [4.69, 9.17) is 28.9 Å². The van der Waals surface area contributed by atoms with Gasteiger partial charge in [0.1, 0.15) is 0 Å². The molecule has 9 heteroatoms. The minimum absolute atomic E-state index is 0.0545. The fraction of sp³-hybridized carbons (Fsp3) is 0.500. The van der Waals surface area contributed by atoms with Crippen molar-refractivity contribution in [3.8, 4) is 0 Å². The quantitative estimate of drug-likeness (QED) is 0.556. The van der Waals surface area contributed by atoms with Gasteiger partial charge in [0.2, 0.25) is 5.91 Å². The van der Waals surface area contributed by atoms with Crippen LogP contribution in [0.5, 0.6) is 0 Å². The monoisotopic (exact) mass is 546 g/mol. The standard InChI is InChI=1S/C28H36Cl2N4O3/c1-28(2,37)24-18-33(15-16-34(24)25(35)17-19-11-13-32(14-12-19)27(31)36)26(20-3-7-22(29)8-4-20)21-5-9-23(30)10-6-21/h3-10,19,24,26,37H,11-18H2,1-2H3,(H2,31,36)/t24-/m1/s1. The minimum Gasteiger partial charge on any atom is -0.388 e. The number of piperidine rings is 1. The lowest BCUT2D eigenvalue weighted by Crippen LogP contribution is -2.63. The van der Waals surface area contributed by atoms with Crippen LogP contribution in [0.3, 0.4) is 0 Å². The van der Waals surface area contributed by atoms with Gasteiger partial charge >= 0.3 is 6.03 Å². The van der Waals surface area contributed by atoms with Crippen LogP contribution in [0, 0.1) is 5.92 Å². The van der Waals surface area contributed by atoms with Gasteiger partial charge < -0.3 is 20.6 Å². The van der Waals surface area contributed by atoms with E-state index < -0.39 is 11.6 Å². The molecule has 0 unspecified atom stereocenters. The van der Waals surface area contributed by atoms with Gasteiger partial charge in [-0.3, -0.25) is 9.69 Å². The highest BCUT2D eigenvalue weighted by Crippen LogP contribution is 2.34. The van der Waals surface area contributed by atoms with Gasteiger partial charge in [-0.05, 0) is 68.0 Å². The van der Waals surface area contributed by atoms with Crippen molar-refractivity contribution in [2.24, 2.45) is 11.7 Å². The SMILES string of the molecule is CC(C)(O)[C@H]1CN(C(c2ccc(Cl)cc2)c2ccc(Cl)cc2)CCN1C(=O)CC1CCN(C(N)=O)CC1. The maximum absolute atomic E-state index is 13.5. The first kappa shape index (κ1) is 27.7. The Morgan fingerprint density at radius 3 is 1.92 bits per heavy atom. The number of urea groups is 1. The average Bonchev–Trinajstić information content (AvgIpc) is 2.86. The Morgan fingerprint density at radius 2 is 1.46 bits per heavy atom. The van der Waals surface area contributed by atoms with Crippen molar-refractivity contribution in [2.75, 3.05) is 32.7 Å². The van der Waals surface area contributed by atoms with E-state index in [0.29, 0.717) is 49.2 Å². The largest absolute Gasteiger partial charge is 0.388 e. The third kappa shape index (κ3) is 6.77. The number of hydrogen-bond donors (Lipinski definition) is 2. The first-order valence-electron chi connectivity index (χ1n) is 12.8. The van der Waals surface area contributed by atoms with Gasteiger partial charge in [-0.1, -0.05) is 47.5 Å². The van der Waals surface area contributed by atoms with E-state index in [-0.39, 0.29) is 23.9 Å². The maximum atomic E-state index is 13.5. The zero-order valence-electron chi connectivity index (χ0n) is 21.4. The maximum Gasteiger partial charge on any atom is 0.314 e. The van der Waals surface area contributed by atoms with Gasteiger partial charge in [0.25, 0.3) is 0 Å². The number of hydrogen-bond acceptors (Lipinski definition) is 4. The topological polar surface area (TPSA) is 90.1 Å².